The molecule has 1 aromatic carbocycles. The highest BCUT2D eigenvalue weighted by molar-refractivity contribution is 6.31. The van der Waals surface area contributed by atoms with Gasteiger partial charge in [0.15, 0.2) is 6.61 Å². The lowest BCUT2D eigenvalue weighted by Gasteiger charge is -2.14. The highest BCUT2D eigenvalue weighted by atomic mass is 35.5. The highest BCUT2D eigenvalue weighted by Gasteiger charge is 2.29. The summed E-state index contributed by atoms with van der Waals surface area (Å²) in [5, 5.41) is 2.64. The van der Waals surface area contributed by atoms with Gasteiger partial charge in [-0.05, 0) is 25.1 Å². The Kier molecular flexibility index (Phi) is 6.09. The number of carbonyl (C=O) groups excluding carboxylic acids is 1. The minimum atomic E-state index is -4.47. The molecule has 0 aliphatic rings. The third-order valence-corrected chi connectivity index (χ3v) is 2.28. The Balaban J connectivity index is 2.77. The summed E-state index contributed by atoms with van der Waals surface area (Å²) in [6.07, 6.45) is -4.47. The molecule has 1 rings (SSSR count). The van der Waals surface area contributed by atoms with E-state index in [1.165, 1.54) is 18.2 Å². The Bertz CT molecular complexity index is 466. The molecule has 0 heterocycles. The van der Waals surface area contributed by atoms with Gasteiger partial charge in [0.05, 0.1) is 5.69 Å². The summed E-state index contributed by atoms with van der Waals surface area (Å²) in [5.74, 6) is -0.623. The molecular weight excluding hydrogens is 299 g/mol. The van der Waals surface area contributed by atoms with E-state index < -0.39 is 18.7 Å². The molecule has 0 radical (unpaired) electrons. The van der Waals surface area contributed by atoms with Crippen LogP contribution < -0.4 is 10.1 Å². The quantitative estimate of drug-likeness (QED) is 0.877. The van der Waals surface area contributed by atoms with Crippen LogP contribution in [-0.2, 0) is 9.53 Å². The topological polar surface area (TPSA) is 47.6 Å². The lowest BCUT2D eigenvalue weighted by Crippen LogP contribution is -2.21. The molecule has 0 atom stereocenters. The van der Waals surface area contributed by atoms with E-state index in [9.17, 15) is 18.0 Å². The van der Waals surface area contributed by atoms with Crippen molar-refractivity contribution < 1.29 is 27.4 Å². The van der Waals surface area contributed by atoms with Gasteiger partial charge in [-0.1, -0.05) is 11.6 Å². The van der Waals surface area contributed by atoms with E-state index in [1.807, 2.05) is 0 Å². The van der Waals surface area contributed by atoms with Crippen molar-refractivity contribution in [1.82, 2.24) is 0 Å². The largest absolute Gasteiger partial charge is 0.482 e. The number of carbonyl (C=O) groups is 1. The molecule has 0 aromatic heterocycles. The minimum Gasteiger partial charge on any atom is -0.482 e. The monoisotopic (exact) mass is 311 g/mol. The second-order valence-electron chi connectivity index (χ2n) is 3.73. The minimum absolute atomic E-state index is 0.0615. The number of alkyl halides is 3. The van der Waals surface area contributed by atoms with Crippen molar-refractivity contribution >= 4 is 23.2 Å². The number of hydrogen-bond acceptors (Lipinski definition) is 3. The lowest BCUT2D eigenvalue weighted by molar-refractivity contribution is -0.153. The summed E-state index contributed by atoms with van der Waals surface area (Å²) in [4.78, 5) is 11.5. The Labute approximate surface area is 118 Å². The van der Waals surface area contributed by atoms with Crippen LogP contribution in [0.4, 0.5) is 18.9 Å². The van der Waals surface area contributed by atoms with Crippen LogP contribution in [0.5, 0.6) is 5.75 Å². The first kappa shape index (κ1) is 16.6. The SMILES string of the molecule is CCOCC(=O)Nc1cc(Cl)ccc1OCC(F)(F)F. The van der Waals surface area contributed by atoms with E-state index >= 15 is 0 Å². The lowest BCUT2D eigenvalue weighted by atomic mass is 10.3. The van der Waals surface area contributed by atoms with Crippen molar-refractivity contribution in [3.8, 4) is 5.75 Å². The average Bonchev–Trinajstić information content (AvgIpc) is 2.34. The molecule has 0 bridgehead atoms. The van der Waals surface area contributed by atoms with Gasteiger partial charge in [-0.25, -0.2) is 0 Å². The van der Waals surface area contributed by atoms with Crippen LogP contribution >= 0.6 is 11.6 Å². The van der Waals surface area contributed by atoms with E-state index in [4.69, 9.17) is 16.3 Å². The second kappa shape index (κ2) is 7.35. The molecule has 8 heteroatoms. The van der Waals surface area contributed by atoms with Crippen LogP contribution in [0.2, 0.25) is 5.02 Å². The first-order valence-electron chi connectivity index (χ1n) is 5.68. The zero-order valence-corrected chi connectivity index (χ0v) is 11.3. The third kappa shape index (κ3) is 6.12. The molecule has 0 fully saturated rings. The van der Waals surface area contributed by atoms with Crippen LogP contribution in [0, 0.1) is 0 Å². The van der Waals surface area contributed by atoms with E-state index in [-0.39, 0.29) is 23.1 Å². The summed E-state index contributed by atoms with van der Waals surface area (Å²) in [7, 11) is 0. The van der Waals surface area contributed by atoms with Crippen molar-refractivity contribution in [2.45, 2.75) is 13.1 Å². The molecule has 0 saturated carbocycles. The predicted molar refractivity (Wildman–Crippen MR) is 68.1 cm³/mol. The van der Waals surface area contributed by atoms with Crippen molar-refractivity contribution in [1.29, 1.82) is 0 Å². The standard InChI is InChI=1S/C12H13ClF3NO3/c1-2-19-6-11(18)17-9-5-8(13)3-4-10(9)20-7-12(14,15)16/h3-5H,2,6-7H2,1H3,(H,17,18). The van der Waals surface area contributed by atoms with Crippen molar-refractivity contribution in [3.05, 3.63) is 23.2 Å². The molecule has 1 amide bonds. The third-order valence-electron chi connectivity index (χ3n) is 2.04. The number of rotatable bonds is 6. The summed E-state index contributed by atoms with van der Waals surface area (Å²) in [5.41, 5.74) is 0.0615. The van der Waals surface area contributed by atoms with Gasteiger partial charge in [0.25, 0.3) is 0 Å². The van der Waals surface area contributed by atoms with E-state index in [1.54, 1.807) is 6.92 Å². The van der Waals surface area contributed by atoms with E-state index in [2.05, 4.69) is 10.1 Å². The molecule has 20 heavy (non-hydrogen) atoms. The van der Waals surface area contributed by atoms with Crippen LogP contribution in [0.25, 0.3) is 0 Å². The zero-order chi connectivity index (χ0) is 15.2. The van der Waals surface area contributed by atoms with Crippen LogP contribution in [0.1, 0.15) is 6.92 Å². The fourth-order valence-electron chi connectivity index (χ4n) is 1.27. The van der Waals surface area contributed by atoms with Gasteiger partial charge in [0.2, 0.25) is 5.91 Å². The Morgan fingerprint density at radius 1 is 1.40 bits per heavy atom. The van der Waals surface area contributed by atoms with Gasteiger partial charge in [0, 0.05) is 11.6 Å². The molecule has 1 N–H and O–H groups in total. The number of ether oxygens (including phenoxy) is 2. The Hall–Kier alpha value is -1.47. The van der Waals surface area contributed by atoms with E-state index in [0.29, 0.717) is 6.61 Å². The highest BCUT2D eigenvalue weighted by Crippen LogP contribution is 2.29. The summed E-state index contributed by atoms with van der Waals surface area (Å²) >= 11 is 5.73. The number of amides is 1. The molecule has 112 valence electrons. The molecule has 1 aromatic rings. The summed E-state index contributed by atoms with van der Waals surface area (Å²) in [6, 6.07) is 3.92. The number of halogens is 4. The maximum atomic E-state index is 12.1. The number of anilines is 1. The Morgan fingerprint density at radius 2 is 2.10 bits per heavy atom. The fourth-order valence-corrected chi connectivity index (χ4v) is 1.44. The second-order valence-corrected chi connectivity index (χ2v) is 4.17. The maximum absolute atomic E-state index is 12.1. The molecule has 0 saturated heterocycles. The molecule has 4 nitrogen and oxygen atoms in total. The van der Waals surface area contributed by atoms with Crippen molar-refractivity contribution in [2.24, 2.45) is 0 Å². The van der Waals surface area contributed by atoms with E-state index in [0.717, 1.165) is 0 Å². The molecule has 0 aliphatic carbocycles. The first-order chi connectivity index (χ1) is 9.31. The number of benzene rings is 1. The van der Waals surface area contributed by atoms with Gasteiger partial charge in [-0.3, -0.25) is 4.79 Å². The Morgan fingerprint density at radius 3 is 2.70 bits per heavy atom. The van der Waals surface area contributed by atoms with Gasteiger partial charge >= 0.3 is 6.18 Å². The van der Waals surface area contributed by atoms with Gasteiger partial charge in [-0.2, -0.15) is 13.2 Å². The molecule has 0 aliphatic heterocycles. The summed E-state index contributed by atoms with van der Waals surface area (Å²) < 4.78 is 45.9. The normalized spacial score (nSPS) is 11.2. The van der Waals surface area contributed by atoms with Gasteiger partial charge in [0.1, 0.15) is 12.4 Å². The molecule has 0 spiro atoms. The van der Waals surface area contributed by atoms with Crippen LogP contribution in [-0.4, -0.2) is 31.9 Å². The zero-order valence-electron chi connectivity index (χ0n) is 10.6. The van der Waals surface area contributed by atoms with Crippen molar-refractivity contribution in [2.75, 3.05) is 25.1 Å². The average molecular weight is 312 g/mol. The molecule has 0 unspecified atom stereocenters. The van der Waals surface area contributed by atoms with Crippen LogP contribution in [0.3, 0.4) is 0 Å². The summed E-state index contributed by atoms with van der Waals surface area (Å²) in [6.45, 7) is 0.398. The fraction of sp³-hybridized carbons (Fsp3) is 0.417. The number of hydrogen-bond donors (Lipinski definition) is 1. The van der Waals surface area contributed by atoms with Crippen molar-refractivity contribution in [3.63, 3.8) is 0 Å². The van der Waals surface area contributed by atoms with Gasteiger partial charge < -0.3 is 14.8 Å². The smallest absolute Gasteiger partial charge is 0.422 e. The maximum Gasteiger partial charge on any atom is 0.422 e. The predicted octanol–water partition coefficient (Wildman–Crippen LogP) is 3.26. The van der Waals surface area contributed by atoms with Gasteiger partial charge in [-0.15, -0.1) is 0 Å². The first-order valence-corrected chi connectivity index (χ1v) is 6.06. The molecular formula is C12H13ClF3NO3. The number of nitrogens with one attached hydrogen (secondary N) is 1. The van der Waals surface area contributed by atoms with Crippen LogP contribution in [0.15, 0.2) is 18.2 Å².